The number of hydrogen-bond donors (Lipinski definition) is 5. The monoisotopic (exact) mass is 287 g/mol. The second-order valence-corrected chi connectivity index (χ2v) is 4.68. The van der Waals surface area contributed by atoms with E-state index < -0.39 is 6.03 Å². The molecule has 0 bridgehead atoms. The zero-order valence-electron chi connectivity index (χ0n) is 11.5. The highest BCUT2D eigenvalue weighted by Crippen LogP contribution is 2.30. The number of urea groups is 1. The van der Waals surface area contributed by atoms with Crippen molar-refractivity contribution in [2.75, 3.05) is 10.6 Å². The summed E-state index contributed by atoms with van der Waals surface area (Å²) in [5.41, 5.74) is 7.07. The summed E-state index contributed by atoms with van der Waals surface area (Å²) < 4.78 is 0. The lowest BCUT2D eigenvalue weighted by molar-refractivity contribution is 0.259. The zero-order valence-corrected chi connectivity index (χ0v) is 11.5. The van der Waals surface area contributed by atoms with Crippen molar-refractivity contribution in [3.8, 4) is 11.5 Å². The molecular weight excluding hydrogens is 270 g/mol. The van der Waals surface area contributed by atoms with Crippen LogP contribution in [0, 0.1) is 0 Å². The van der Waals surface area contributed by atoms with Gasteiger partial charge in [0.2, 0.25) is 0 Å². The Kier molecular flexibility index (Phi) is 4.18. The van der Waals surface area contributed by atoms with Gasteiger partial charge in [0.15, 0.2) is 0 Å². The van der Waals surface area contributed by atoms with Gasteiger partial charge in [-0.1, -0.05) is 6.07 Å². The first-order chi connectivity index (χ1) is 9.95. The van der Waals surface area contributed by atoms with Crippen LogP contribution in [0.1, 0.15) is 18.5 Å². The second kappa shape index (κ2) is 6.04. The van der Waals surface area contributed by atoms with Crippen molar-refractivity contribution in [2.24, 2.45) is 5.73 Å². The molecule has 2 aromatic carbocycles. The largest absolute Gasteiger partial charge is 0.508 e. The summed E-state index contributed by atoms with van der Waals surface area (Å²) in [6.45, 7) is 1.88. The van der Waals surface area contributed by atoms with Gasteiger partial charge in [0.05, 0.1) is 6.04 Å². The fourth-order valence-corrected chi connectivity index (χ4v) is 2.05. The molecule has 0 aliphatic carbocycles. The summed E-state index contributed by atoms with van der Waals surface area (Å²) in [7, 11) is 0. The first-order valence-electron chi connectivity index (χ1n) is 6.40. The Hall–Kier alpha value is -2.89. The second-order valence-electron chi connectivity index (χ2n) is 4.68. The summed E-state index contributed by atoms with van der Waals surface area (Å²) in [5, 5.41) is 24.8. The van der Waals surface area contributed by atoms with Crippen molar-refractivity contribution in [2.45, 2.75) is 13.0 Å². The van der Waals surface area contributed by atoms with Crippen LogP contribution < -0.4 is 16.4 Å². The van der Waals surface area contributed by atoms with Crippen molar-refractivity contribution in [3.05, 3.63) is 48.0 Å². The normalized spacial score (nSPS) is 11.7. The standard InChI is InChI=1S/C15H17N3O3/c1-9(13-6-5-12(19)8-14(13)20)17-10-3-2-4-11(7-10)18-15(16)21/h2-9,17,19-20H,1H3,(H3,16,18,21). The Morgan fingerprint density at radius 1 is 1.14 bits per heavy atom. The molecule has 0 heterocycles. The molecule has 0 spiro atoms. The first kappa shape index (κ1) is 14.5. The van der Waals surface area contributed by atoms with Crippen LogP contribution in [0.4, 0.5) is 16.2 Å². The van der Waals surface area contributed by atoms with Crippen molar-refractivity contribution < 1.29 is 15.0 Å². The van der Waals surface area contributed by atoms with E-state index in [1.807, 2.05) is 13.0 Å². The predicted octanol–water partition coefficient (Wildman–Crippen LogP) is 2.76. The third kappa shape index (κ3) is 3.79. The number of carbonyl (C=O) groups excluding carboxylic acids is 1. The number of phenols is 2. The molecule has 0 aliphatic heterocycles. The molecule has 2 rings (SSSR count). The summed E-state index contributed by atoms with van der Waals surface area (Å²) >= 11 is 0. The molecule has 1 unspecified atom stereocenters. The van der Waals surface area contributed by atoms with Gasteiger partial charge in [0.1, 0.15) is 11.5 Å². The van der Waals surface area contributed by atoms with E-state index in [2.05, 4.69) is 10.6 Å². The molecule has 1 atom stereocenters. The molecular formula is C15H17N3O3. The molecule has 6 N–H and O–H groups in total. The summed E-state index contributed by atoms with van der Waals surface area (Å²) in [6, 6.07) is 10.7. The van der Waals surface area contributed by atoms with Gasteiger partial charge < -0.3 is 26.6 Å². The minimum Gasteiger partial charge on any atom is -0.508 e. The lowest BCUT2D eigenvalue weighted by Gasteiger charge is -2.17. The average molecular weight is 287 g/mol. The smallest absolute Gasteiger partial charge is 0.316 e. The Balaban J connectivity index is 2.15. The first-order valence-corrected chi connectivity index (χ1v) is 6.40. The van der Waals surface area contributed by atoms with Gasteiger partial charge in [-0.15, -0.1) is 0 Å². The average Bonchev–Trinajstić information content (AvgIpc) is 2.37. The predicted molar refractivity (Wildman–Crippen MR) is 81.5 cm³/mol. The van der Waals surface area contributed by atoms with Crippen LogP contribution in [0.3, 0.4) is 0 Å². The van der Waals surface area contributed by atoms with Gasteiger partial charge in [0.25, 0.3) is 0 Å². The van der Waals surface area contributed by atoms with Crippen LogP contribution in [0.5, 0.6) is 11.5 Å². The minimum absolute atomic E-state index is 0.0103. The Morgan fingerprint density at radius 3 is 2.52 bits per heavy atom. The fraction of sp³-hybridized carbons (Fsp3) is 0.133. The molecule has 0 fully saturated rings. The molecule has 6 nitrogen and oxygen atoms in total. The van der Waals surface area contributed by atoms with Crippen LogP contribution >= 0.6 is 0 Å². The van der Waals surface area contributed by atoms with Crippen LogP contribution in [0.2, 0.25) is 0 Å². The van der Waals surface area contributed by atoms with Gasteiger partial charge in [-0.2, -0.15) is 0 Å². The SMILES string of the molecule is CC(Nc1cccc(NC(N)=O)c1)c1ccc(O)cc1O. The molecule has 0 aromatic heterocycles. The highest BCUT2D eigenvalue weighted by molar-refractivity contribution is 5.88. The van der Waals surface area contributed by atoms with E-state index in [0.29, 0.717) is 11.3 Å². The topological polar surface area (TPSA) is 108 Å². The number of carbonyl (C=O) groups is 1. The lowest BCUT2D eigenvalue weighted by atomic mass is 10.1. The summed E-state index contributed by atoms with van der Waals surface area (Å²) in [5.74, 6) is 0.0255. The molecule has 0 saturated heterocycles. The summed E-state index contributed by atoms with van der Waals surface area (Å²) in [4.78, 5) is 10.8. The quantitative estimate of drug-likeness (QED) is 0.596. The fourth-order valence-electron chi connectivity index (χ4n) is 2.05. The van der Waals surface area contributed by atoms with E-state index in [-0.39, 0.29) is 17.5 Å². The van der Waals surface area contributed by atoms with Crippen molar-refractivity contribution in [3.63, 3.8) is 0 Å². The van der Waals surface area contributed by atoms with Gasteiger partial charge in [-0.25, -0.2) is 4.79 Å². The maximum Gasteiger partial charge on any atom is 0.316 e. The van der Waals surface area contributed by atoms with Gasteiger partial charge >= 0.3 is 6.03 Å². The number of primary amides is 1. The highest BCUT2D eigenvalue weighted by atomic mass is 16.3. The van der Waals surface area contributed by atoms with Crippen LogP contribution in [0.15, 0.2) is 42.5 Å². The lowest BCUT2D eigenvalue weighted by Crippen LogP contribution is -2.19. The molecule has 21 heavy (non-hydrogen) atoms. The highest BCUT2D eigenvalue weighted by Gasteiger charge is 2.11. The molecule has 2 aromatic rings. The molecule has 6 heteroatoms. The number of rotatable bonds is 4. The van der Waals surface area contributed by atoms with E-state index in [9.17, 15) is 15.0 Å². The van der Waals surface area contributed by atoms with Crippen LogP contribution in [-0.4, -0.2) is 16.2 Å². The number of amides is 2. The number of nitrogens with one attached hydrogen (secondary N) is 2. The van der Waals surface area contributed by atoms with E-state index in [1.165, 1.54) is 12.1 Å². The summed E-state index contributed by atoms with van der Waals surface area (Å²) in [6.07, 6.45) is 0. The maximum absolute atomic E-state index is 10.8. The van der Waals surface area contributed by atoms with Crippen molar-refractivity contribution >= 4 is 17.4 Å². The van der Waals surface area contributed by atoms with Gasteiger partial charge in [-0.3, -0.25) is 0 Å². The number of hydrogen-bond acceptors (Lipinski definition) is 4. The number of anilines is 2. The minimum atomic E-state index is -0.628. The van der Waals surface area contributed by atoms with E-state index in [1.54, 1.807) is 24.3 Å². The number of benzene rings is 2. The van der Waals surface area contributed by atoms with E-state index in [0.717, 1.165) is 5.69 Å². The third-order valence-electron chi connectivity index (χ3n) is 2.99. The number of nitrogens with two attached hydrogens (primary N) is 1. The van der Waals surface area contributed by atoms with Crippen molar-refractivity contribution in [1.29, 1.82) is 0 Å². The van der Waals surface area contributed by atoms with Crippen molar-refractivity contribution in [1.82, 2.24) is 0 Å². The van der Waals surface area contributed by atoms with Crippen LogP contribution in [0.25, 0.3) is 0 Å². The molecule has 0 saturated carbocycles. The molecule has 0 aliphatic rings. The Morgan fingerprint density at radius 2 is 1.86 bits per heavy atom. The Labute approximate surface area is 122 Å². The third-order valence-corrected chi connectivity index (χ3v) is 2.99. The van der Waals surface area contributed by atoms with Crippen LogP contribution in [-0.2, 0) is 0 Å². The zero-order chi connectivity index (χ0) is 15.4. The number of phenolic OH excluding ortho intramolecular Hbond substituents is 2. The van der Waals surface area contributed by atoms with Gasteiger partial charge in [-0.05, 0) is 37.3 Å². The van der Waals surface area contributed by atoms with E-state index in [4.69, 9.17) is 5.73 Å². The molecule has 2 amide bonds. The number of aromatic hydroxyl groups is 2. The molecule has 110 valence electrons. The Bertz CT molecular complexity index is 658. The van der Waals surface area contributed by atoms with Gasteiger partial charge in [0, 0.05) is 23.0 Å². The molecule has 0 radical (unpaired) electrons. The maximum atomic E-state index is 10.8. The van der Waals surface area contributed by atoms with E-state index >= 15 is 0 Å².